The van der Waals surface area contributed by atoms with E-state index in [1.807, 2.05) is 42.5 Å². The molecule has 2 aliphatic heterocycles. The second-order valence-electron chi connectivity index (χ2n) is 8.93. The van der Waals surface area contributed by atoms with Gasteiger partial charge >= 0.3 is 0 Å². The van der Waals surface area contributed by atoms with E-state index in [9.17, 15) is 14.7 Å². The molecule has 0 bridgehead atoms. The SMILES string of the molecule is CCOc1cc(C(=O)N2CCC[C@H](O)C2)ccc1Nc1cc2c(cn1)N(C)C(=O)c1sccc1N2C. The van der Waals surface area contributed by atoms with Crippen molar-refractivity contribution in [1.82, 2.24) is 9.88 Å². The molecule has 2 amide bonds. The molecule has 9 nitrogen and oxygen atoms in total. The Morgan fingerprint density at radius 3 is 2.81 bits per heavy atom. The van der Waals surface area contributed by atoms with Crippen LogP contribution < -0.4 is 19.9 Å². The van der Waals surface area contributed by atoms with Crippen LogP contribution >= 0.6 is 11.3 Å². The number of carbonyl (C=O) groups excluding carboxylic acids is 2. The molecule has 2 aliphatic rings. The Kier molecular flexibility index (Phi) is 6.55. The van der Waals surface area contributed by atoms with Gasteiger partial charge in [0, 0.05) is 38.8 Å². The number of hydrogen-bond donors (Lipinski definition) is 2. The van der Waals surface area contributed by atoms with Crippen molar-refractivity contribution in [2.24, 2.45) is 0 Å². The van der Waals surface area contributed by atoms with Crippen LogP contribution in [0.4, 0.5) is 28.6 Å². The van der Waals surface area contributed by atoms with Gasteiger partial charge in [-0.25, -0.2) is 4.98 Å². The molecular weight excluding hydrogens is 478 g/mol. The average molecular weight is 508 g/mol. The van der Waals surface area contributed by atoms with E-state index in [0.29, 0.717) is 53.1 Å². The molecule has 4 heterocycles. The van der Waals surface area contributed by atoms with E-state index in [4.69, 9.17) is 4.74 Å². The number of nitrogens with one attached hydrogen (secondary N) is 1. The van der Waals surface area contributed by atoms with Gasteiger partial charge in [0.2, 0.25) is 0 Å². The maximum atomic E-state index is 13.0. The minimum Gasteiger partial charge on any atom is -0.492 e. The van der Waals surface area contributed by atoms with Crippen molar-refractivity contribution in [1.29, 1.82) is 0 Å². The van der Waals surface area contributed by atoms with Gasteiger partial charge in [0.25, 0.3) is 11.8 Å². The molecule has 10 heteroatoms. The summed E-state index contributed by atoms with van der Waals surface area (Å²) in [7, 11) is 3.69. The number of aliphatic hydroxyl groups is 1. The van der Waals surface area contributed by atoms with Gasteiger partial charge < -0.3 is 29.9 Å². The standard InChI is InChI=1S/C26H29N5O4S/c1-4-35-22-12-16(25(33)31-10-5-6-17(32)15-31)7-8-18(22)28-23-13-20-21(14-27-23)30(3)26(34)24-19(29(20)2)9-11-36-24/h7-9,11-14,17,32H,4-6,10,15H2,1-3H3,(H,27,28)/t17-/m0/s1. The van der Waals surface area contributed by atoms with Crippen LogP contribution in [0.5, 0.6) is 5.75 Å². The van der Waals surface area contributed by atoms with E-state index in [1.54, 1.807) is 35.2 Å². The third kappa shape index (κ3) is 4.38. The molecule has 188 valence electrons. The molecule has 0 aliphatic carbocycles. The first-order valence-electron chi connectivity index (χ1n) is 12.0. The highest BCUT2D eigenvalue weighted by Crippen LogP contribution is 2.42. The zero-order valence-corrected chi connectivity index (χ0v) is 21.3. The number of hydrogen-bond acceptors (Lipinski definition) is 8. The Hall–Kier alpha value is -3.63. The number of carbonyl (C=O) groups is 2. The van der Waals surface area contributed by atoms with Gasteiger partial charge in [-0.15, -0.1) is 11.3 Å². The highest BCUT2D eigenvalue weighted by Gasteiger charge is 2.29. The monoisotopic (exact) mass is 507 g/mol. The number of likely N-dealkylation sites (tertiary alicyclic amines) is 1. The van der Waals surface area contributed by atoms with Crippen molar-refractivity contribution < 1.29 is 19.4 Å². The number of piperidine rings is 1. The lowest BCUT2D eigenvalue weighted by Crippen LogP contribution is -2.42. The molecule has 3 aromatic rings. The van der Waals surface area contributed by atoms with Crippen molar-refractivity contribution in [2.75, 3.05) is 48.9 Å². The van der Waals surface area contributed by atoms with Crippen LogP contribution in [0.3, 0.4) is 0 Å². The summed E-state index contributed by atoms with van der Waals surface area (Å²) in [6.07, 6.45) is 2.71. The molecule has 0 spiro atoms. The largest absolute Gasteiger partial charge is 0.492 e. The summed E-state index contributed by atoms with van der Waals surface area (Å²) in [4.78, 5) is 36.5. The van der Waals surface area contributed by atoms with E-state index in [-0.39, 0.29) is 11.8 Å². The molecule has 0 saturated carbocycles. The summed E-state index contributed by atoms with van der Waals surface area (Å²) < 4.78 is 5.86. The number of pyridine rings is 1. The average Bonchev–Trinajstić information content (AvgIpc) is 3.36. The fourth-order valence-corrected chi connectivity index (χ4v) is 5.54. The number of aromatic nitrogens is 1. The van der Waals surface area contributed by atoms with Crippen LogP contribution in [-0.4, -0.2) is 66.7 Å². The topological polar surface area (TPSA) is 98.2 Å². The second kappa shape index (κ2) is 9.79. The third-order valence-corrected chi connectivity index (χ3v) is 7.46. The van der Waals surface area contributed by atoms with Gasteiger partial charge in [-0.2, -0.15) is 0 Å². The van der Waals surface area contributed by atoms with Crippen molar-refractivity contribution >= 4 is 51.7 Å². The van der Waals surface area contributed by atoms with Crippen LogP contribution in [0, 0.1) is 0 Å². The maximum Gasteiger partial charge on any atom is 0.270 e. The maximum absolute atomic E-state index is 13.0. The Balaban J connectivity index is 1.44. The number of ether oxygens (including phenoxy) is 1. The van der Waals surface area contributed by atoms with Gasteiger partial charge in [0.1, 0.15) is 16.4 Å². The van der Waals surface area contributed by atoms with E-state index >= 15 is 0 Å². The number of aliphatic hydroxyl groups excluding tert-OH is 1. The Labute approximate surface area is 213 Å². The number of anilines is 5. The van der Waals surface area contributed by atoms with Crippen LogP contribution in [-0.2, 0) is 0 Å². The van der Waals surface area contributed by atoms with Crippen LogP contribution in [0.2, 0.25) is 0 Å². The number of rotatable bonds is 5. The van der Waals surface area contributed by atoms with Gasteiger partial charge in [-0.1, -0.05) is 0 Å². The molecule has 1 fully saturated rings. The minimum absolute atomic E-state index is 0.0618. The molecular formula is C26H29N5O4S. The number of β-amino-alcohol motifs (C(OH)–C–C–N with tert-alkyl or cyclic N) is 1. The first kappa shape index (κ1) is 24.1. The minimum atomic E-state index is -0.480. The zero-order chi connectivity index (χ0) is 25.4. The molecule has 0 radical (unpaired) electrons. The third-order valence-electron chi connectivity index (χ3n) is 6.56. The summed E-state index contributed by atoms with van der Waals surface area (Å²) in [5.41, 5.74) is 3.60. The number of fused-ring (bicyclic) bond motifs is 2. The fourth-order valence-electron chi connectivity index (χ4n) is 4.64. The highest BCUT2D eigenvalue weighted by atomic mass is 32.1. The van der Waals surface area contributed by atoms with Crippen LogP contribution in [0.1, 0.15) is 39.8 Å². The molecule has 1 atom stereocenters. The normalized spacial score (nSPS) is 17.4. The number of benzene rings is 1. The first-order valence-corrected chi connectivity index (χ1v) is 12.9. The zero-order valence-electron chi connectivity index (χ0n) is 20.5. The van der Waals surface area contributed by atoms with E-state index < -0.39 is 6.10 Å². The molecule has 2 aromatic heterocycles. The Morgan fingerprint density at radius 2 is 2.03 bits per heavy atom. The van der Waals surface area contributed by atoms with Gasteiger partial charge in [-0.3, -0.25) is 9.59 Å². The predicted octanol–water partition coefficient (Wildman–Crippen LogP) is 4.24. The highest BCUT2D eigenvalue weighted by molar-refractivity contribution is 7.12. The van der Waals surface area contributed by atoms with Gasteiger partial charge in [-0.05, 0) is 49.4 Å². The fraction of sp³-hybridized carbons (Fsp3) is 0.346. The summed E-state index contributed by atoms with van der Waals surface area (Å²) in [5, 5.41) is 15.2. The molecule has 2 N–H and O–H groups in total. The Bertz CT molecular complexity index is 1310. The second-order valence-corrected chi connectivity index (χ2v) is 9.85. The Morgan fingerprint density at radius 1 is 1.19 bits per heavy atom. The molecule has 36 heavy (non-hydrogen) atoms. The molecule has 0 unspecified atom stereocenters. The van der Waals surface area contributed by atoms with Gasteiger partial charge in [0.05, 0.1) is 41.7 Å². The molecule has 1 aromatic carbocycles. The molecule has 5 rings (SSSR count). The quantitative estimate of drug-likeness (QED) is 0.533. The van der Waals surface area contributed by atoms with E-state index in [1.165, 1.54) is 11.3 Å². The van der Waals surface area contributed by atoms with Gasteiger partial charge in [0.15, 0.2) is 0 Å². The lowest BCUT2D eigenvalue weighted by molar-refractivity contribution is 0.0473. The van der Waals surface area contributed by atoms with Crippen molar-refractivity contribution in [3.05, 3.63) is 52.3 Å². The lowest BCUT2D eigenvalue weighted by atomic mass is 10.1. The van der Waals surface area contributed by atoms with Crippen molar-refractivity contribution in [3.8, 4) is 5.75 Å². The number of nitrogens with zero attached hydrogens (tertiary/aromatic N) is 4. The van der Waals surface area contributed by atoms with Crippen molar-refractivity contribution in [3.63, 3.8) is 0 Å². The van der Waals surface area contributed by atoms with E-state index in [0.717, 1.165) is 24.2 Å². The first-order chi connectivity index (χ1) is 17.4. The van der Waals surface area contributed by atoms with Crippen LogP contribution in [0.25, 0.3) is 0 Å². The lowest BCUT2D eigenvalue weighted by Gasteiger charge is -2.30. The van der Waals surface area contributed by atoms with Crippen molar-refractivity contribution in [2.45, 2.75) is 25.9 Å². The predicted molar refractivity (Wildman–Crippen MR) is 141 cm³/mol. The van der Waals surface area contributed by atoms with Crippen LogP contribution in [0.15, 0.2) is 41.9 Å². The van der Waals surface area contributed by atoms with E-state index in [2.05, 4.69) is 10.3 Å². The smallest absolute Gasteiger partial charge is 0.270 e. The molecule has 1 saturated heterocycles. The summed E-state index contributed by atoms with van der Waals surface area (Å²) in [6.45, 7) is 3.30. The summed E-state index contributed by atoms with van der Waals surface area (Å²) in [5.74, 6) is 0.941. The summed E-state index contributed by atoms with van der Waals surface area (Å²) >= 11 is 1.42. The number of amides is 2. The summed E-state index contributed by atoms with van der Waals surface area (Å²) in [6, 6.07) is 9.14. The number of thiophene rings is 1.